The van der Waals surface area contributed by atoms with Crippen molar-refractivity contribution in [2.24, 2.45) is 0 Å². The second-order valence-electron chi connectivity index (χ2n) is 18.7. The molecule has 65 heavy (non-hydrogen) atoms. The fourth-order valence-electron chi connectivity index (χ4n) is 10.5. The minimum Gasteiger partial charge on any atom is -0.463 e. The van der Waals surface area contributed by atoms with Crippen molar-refractivity contribution in [1.29, 1.82) is 0 Å². The summed E-state index contributed by atoms with van der Waals surface area (Å²) in [6, 6.07) is 33.6. The van der Waals surface area contributed by atoms with Crippen molar-refractivity contribution in [2.45, 2.75) is 56.4 Å². The number of carbonyl (C=O) groups is 2. The summed E-state index contributed by atoms with van der Waals surface area (Å²) >= 11 is 0. The SMILES string of the molecule is CC1(C)c2ccccc2N(CCOCCN2CCNC(=O)CC(=O)NCCN(CCOCCN3c4ccccc4C(C)(C)C34C=Cc3ccccc3O4)CC2)C12C=Cc1ccccc1O2. The van der Waals surface area contributed by atoms with E-state index >= 15 is 0 Å². The van der Waals surface area contributed by atoms with E-state index in [1.54, 1.807) is 0 Å². The van der Waals surface area contributed by atoms with Crippen LogP contribution >= 0.6 is 0 Å². The Bertz CT molecular complexity index is 2250. The number of carbonyl (C=O) groups excluding carboxylic acids is 2. The van der Waals surface area contributed by atoms with Gasteiger partial charge in [0.25, 0.3) is 0 Å². The van der Waals surface area contributed by atoms with Gasteiger partial charge in [-0.05, 0) is 87.4 Å². The van der Waals surface area contributed by atoms with Gasteiger partial charge in [0.1, 0.15) is 17.9 Å². The molecular formula is C53H64N6O6. The van der Waals surface area contributed by atoms with E-state index in [1.165, 1.54) is 11.1 Å². The van der Waals surface area contributed by atoms with Crippen LogP contribution in [0.3, 0.4) is 0 Å². The number of nitrogens with one attached hydrogen (secondary N) is 2. The molecule has 1 fully saturated rings. The molecule has 0 saturated carbocycles. The largest absolute Gasteiger partial charge is 0.463 e. The van der Waals surface area contributed by atoms with Gasteiger partial charge in [0, 0.05) is 87.9 Å². The Morgan fingerprint density at radius 3 is 1.38 bits per heavy atom. The number of amides is 2. The number of para-hydroxylation sites is 4. The molecule has 9 rings (SSSR count). The molecule has 5 aliphatic rings. The van der Waals surface area contributed by atoms with Crippen LogP contribution in [0, 0.1) is 0 Å². The van der Waals surface area contributed by atoms with Crippen LogP contribution in [0.1, 0.15) is 56.4 Å². The highest BCUT2D eigenvalue weighted by molar-refractivity contribution is 5.96. The summed E-state index contributed by atoms with van der Waals surface area (Å²) in [7, 11) is 0. The zero-order valence-corrected chi connectivity index (χ0v) is 38.4. The lowest BCUT2D eigenvalue weighted by Crippen LogP contribution is -2.60. The maximum atomic E-state index is 12.6. The van der Waals surface area contributed by atoms with Gasteiger partial charge in [0.15, 0.2) is 0 Å². The number of hydrogen-bond acceptors (Lipinski definition) is 10. The Morgan fingerprint density at radius 1 is 0.523 bits per heavy atom. The van der Waals surface area contributed by atoms with Crippen molar-refractivity contribution in [3.63, 3.8) is 0 Å². The van der Waals surface area contributed by atoms with Crippen molar-refractivity contribution in [3.05, 3.63) is 131 Å². The number of benzene rings is 4. The average Bonchev–Trinajstić information content (AvgIpc) is 3.60. The second kappa shape index (κ2) is 18.7. The van der Waals surface area contributed by atoms with Crippen LogP contribution in [-0.4, -0.2) is 125 Å². The number of rotatable bonds is 12. The molecule has 0 radical (unpaired) electrons. The molecule has 12 nitrogen and oxygen atoms in total. The molecule has 5 aliphatic heterocycles. The third-order valence-electron chi connectivity index (χ3n) is 14.3. The van der Waals surface area contributed by atoms with Gasteiger partial charge in [0.2, 0.25) is 23.3 Å². The van der Waals surface area contributed by atoms with Crippen LogP contribution < -0.4 is 29.9 Å². The molecule has 5 heterocycles. The first-order valence-corrected chi connectivity index (χ1v) is 23.3. The first-order chi connectivity index (χ1) is 31.5. The molecule has 0 aromatic heterocycles. The van der Waals surface area contributed by atoms with E-state index in [1.807, 2.05) is 36.4 Å². The number of fused-ring (bicyclic) bond motifs is 4. The standard InChI is InChI=1S/C53H64N6O6/c1-50(2)42-15-7-9-17-44(42)58(52(50)23-21-40-13-5-11-19-46(40)64-52)33-37-62-35-31-56-27-25-54-48(60)39-49(61)55-26-28-57(30-29-56)32-36-63-38-34-59-45-18-10-8-16-43(45)51(3,4)53(59)24-22-41-14-6-12-20-47(41)65-53/h5-24H,25-39H2,1-4H3,(H,54,60)(H,55,61). The van der Waals surface area contributed by atoms with Gasteiger partial charge in [-0.25, -0.2) is 0 Å². The molecule has 2 atom stereocenters. The van der Waals surface area contributed by atoms with Crippen molar-refractivity contribution >= 4 is 35.3 Å². The Morgan fingerprint density at radius 2 is 0.923 bits per heavy atom. The summed E-state index contributed by atoms with van der Waals surface area (Å²) in [5.74, 6) is 1.23. The lowest BCUT2D eigenvalue weighted by molar-refractivity contribution is -0.129. The van der Waals surface area contributed by atoms with E-state index in [-0.39, 0.29) is 29.1 Å². The minimum absolute atomic E-state index is 0.183. The highest BCUT2D eigenvalue weighted by Crippen LogP contribution is 2.56. The molecule has 0 bridgehead atoms. The molecule has 4 aromatic carbocycles. The highest BCUT2D eigenvalue weighted by atomic mass is 16.5. The normalized spacial score (nSPS) is 23.6. The van der Waals surface area contributed by atoms with Crippen molar-refractivity contribution in [2.75, 3.05) is 102 Å². The number of anilines is 2. The molecular weight excluding hydrogens is 817 g/mol. The molecule has 2 N–H and O–H groups in total. The maximum Gasteiger partial charge on any atom is 0.229 e. The second-order valence-corrected chi connectivity index (χ2v) is 18.7. The van der Waals surface area contributed by atoms with Gasteiger partial charge in [-0.1, -0.05) is 72.8 Å². The van der Waals surface area contributed by atoms with Crippen molar-refractivity contribution in [3.8, 4) is 11.5 Å². The van der Waals surface area contributed by atoms with E-state index in [9.17, 15) is 9.59 Å². The molecule has 0 aliphatic carbocycles. The summed E-state index contributed by atoms with van der Waals surface area (Å²) in [4.78, 5) is 34.6. The van der Waals surface area contributed by atoms with Gasteiger partial charge in [0.05, 0.1) is 37.3 Å². The number of hydrogen-bond donors (Lipinski definition) is 2. The Labute approximate surface area is 384 Å². The molecule has 1 saturated heterocycles. The van der Waals surface area contributed by atoms with Crippen LogP contribution in [-0.2, 0) is 29.9 Å². The first-order valence-electron chi connectivity index (χ1n) is 23.3. The summed E-state index contributed by atoms with van der Waals surface area (Å²) in [5.41, 5.74) is 4.95. The van der Waals surface area contributed by atoms with Crippen LogP contribution in [0.25, 0.3) is 12.2 Å². The molecule has 2 spiro atoms. The van der Waals surface area contributed by atoms with Gasteiger partial charge >= 0.3 is 0 Å². The monoisotopic (exact) mass is 880 g/mol. The van der Waals surface area contributed by atoms with E-state index in [0.717, 1.165) is 47.1 Å². The lowest BCUT2D eigenvalue weighted by atomic mass is 9.76. The predicted octanol–water partition coefficient (Wildman–Crippen LogP) is 6.46. The Kier molecular flexibility index (Phi) is 12.8. The fourth-order valence-corrected chi connectivity index (χ4v) is 10.5. The molecule has 4 aromatic rings. The summed E-state index contributed by atoms with van der Waals surface area (Å²) in [5, 5.41) is 5.87. The maximum absolute atomic E-state index is 12.6. The summed E-state index contributed by atoms with van der Waals surface area (Å²) in [6.45, 7) is 17.6. The van der Waals surface area contributed by atoms with E-state index in [0.29, 0.717) is 78.8 Å². The number of nitrogens with zero attached hydrogens (tertiary/aromatic N) is 4. The van der Waals surface area contributed by atoms with Gasteiger partial charge in [-0.15, -0.1) is 0 Å². The van der Waals surface area contributed by atoms with Crippen molar-refractivity contribution < 1.29 is 28.5 Å². The third kappa shape index (κ3) is 8.53. The molecule has 342 valence electrons. The Hall–Kier alpha value is -5.66. The summed E-state index contributed by atoms with van der Waals surface area (Å²) in [6.07, 6.45) is 8.62. The smallest absolute Gasteiger partial charge is 0.229 e. The summed E-state index contributed by atoms with van der Waals surface area (Å²) < 4.78 is 26.7. The highest BCUT2D eigenvalue weighted by Gasteiger charge is 2.60. The lowest BCUT2D eigenvalue weighted by Gasteiger charge is -2.47. The number of ether oxygens (including phenoxy) is 4. The first kappa shape index (κ1) is 44.5. The van der Waals surface area contributed by atoms with Gasteiger partial charge in [-0.3, -0.25) is 19.4 Å². The minimum atomic E-state index is -0.696. The third-order valence-corrected chi connectivity index (χ3v) is 14.3. The topological polar surface area (TPSA) is 108 Å². The van der Waals surface area contributed by atoms with Crippen LogP contribution in [0.15, 0.2) is 109 Å². The van der Waals surface area contributed by atoms with Gasteiger partial charge < -0.3 is 39.4 Å². The Balaban J connectivity index is 0.804. The molecule has 2 amide bonds. The van der Waals surface area contributed by atoms with Crippen LogP contribution in [0.2, 0.25) is 0 Å². The van der Waals surface area contributed by atoms with E-state index < -0.39 is 11.4 Å². The van der Waals surface area contributed by atoms with E-state index in [2.05, 4.69) is 143 Å². The fraction of sp³-hybridized carbons (Fsp3) is 0.434. The molecule has 12 heteroatoms. The zero-order chi connectivity index (χ0) is 45.1. The quantitative estimate of drug-likeness (QED) is 0.122. The average molecular weight is 881 g/mol. The predicted molar refractivity (Wildman–Crippen MR) is 256 cm³/mol. The van der Waals surface area contributed by atoms with E-state index in [4.69, 9.17) is 18.9 Å². The zero-order valence-electron chi connectivity index (χ0n) is 38.4. The van der Waals surface area contributed by atoms with Gasteiger partial charge in [-0.2, -0.15) is 0 Å². The van der Waals surface area contributed by atoms with Crippen LogP contribution in [0.4, 0.5) is 11.4 Å². The molecule has 2 unspecified atom stereocenters. The van der Waals surface area contributed by atoms with Crippen molar-refractivity contribution in [1.82, 2.24) is 20.4 Å². The van der Waals surface area contributed by atoms with Crippen LogP contribution in [0.5, 0.6) is 11.5 Å².